The number of aryl methyl sites for hydroxylation is 2. The number of carbonyl (C=O) groups is 1. The number of ether oxygens (including phenoxy) is 1. The summed E-state index contributed by atoms with van der Waals surface area (Å²) in [6, 6.07) is 11.9. The topological polar surface area (TPSA) is 92.7 Å². The van der Waals surface area contributed by atoms with Gasteiger partial charge < -0.3 is 9.84 Å². The molecule has 2 unspecified atom stereocenters. The molecule has 26 heavy (non-hydrogen) atoms. The van der Waals surface area contributed by atoms with Crippen molar-refractivity contribution in [2.75, 3.05) is 6.61 Å². The Bertz CT molecular complexity index is 865. The van der Waals surface area contributed by atoms with Crippen LogP contribution >= 0.6 is 0 Å². The second-order valence-corrected chi connectivity index (χ2v) is 7.66. The van der Waals surface area contributed by atoms with E-state index in [4.69, 9.17) is 4.74 Å². The Balaban J connectivity index is 2.40. The molecule has 0 aliphatic heterocycles. The highest BCUT2D eigenvalue weighted by molar-refractivity contribution is 7.89. The number of carbonyl (C=O) groups excluding carboxylic acids is 1. The van der Waals surface area contributed by atoms with Crippen molar-refractivity contribution in [3.8, 4) is 0 Å². The van der Waals surface area contributed by atoms with Crippen LogP contribution in [0.25, 0.3) is 0 Å². The van der Waals surface area contributed by atoms with Gasteiger partial charge in [0.05, 0.1) is 11.5 Å². The first-order valence-corrected chi connectivity index (χ1v) is 9.74. The molecule has 2 aromatic rings. The second-order valence-electron chi connectivity index (χ2n) is 5.98. The summed E-state index contributed by atoms with van der Waals surface area (Å²) in [6.07, 6.45) is -1.38. The minimum atomic E-state index is -4.04. The van der Waals surface area contributed by atoms with Crippen molar-refractivity contribution < 1.29 is 23.1 Å². The molecule has 0 aliphatic rings. The van der Waals surface area contributed by atoms with Crippen molar-refractivity contribution in [3.05, 3.63) is 65.2 Å². The maximum absolute atomic E-state index is 12.8. The molecule has 2 aromatic carbocycles. The van der Waals surface area contributed by atoms with Crippen LogP contribution in [0.5, 0.6) is 0 Å². The molecule has 0 aliphatic carbocycles. The lowest BCUT2D eigenvalue weighted by Gasteiger charge is -2.23. The lowest BCUT2D eigenvalue weighted by atomic mass is 10.0. The zero-order chi connectivity index (χ0) is 19.3. The van der Waals surface area contributed by atoms with Crippen LogP contribution in [-0.4, -0.2) is 32.1 Å². The quantitative estimate of drug-likeness (QED) is 0.722. The normalized spacial score (nSPS) is 13.8. The molecule has 0 heterocycles. The van der Waals surface area contributed by atoms with Gasteiger partial charge in [0.15, 0.2) is 0 Å². The van der Waals surface area contributed by atoms with E-state index < -0.39 is 28.1 Å². The fraction of sp³-hybridized carbons (Fsp3) is 0.316. The molecule has 2 N–H and O–H groups in total. The van der Waals surface area contributed by atoms with Crippen LogP contribution in [0.1, 0.15) is 29.7 Å². The minimum Gasteiger partial charge on any atom is -0.465 e. The number of benzene rings is 2. The number of sulfonamides is 1. The van der Waals surface area contributed by atoms with E-state index >= 15 is 0 Å². The predicted molar refractivity (Wildman–Crippen MR) is 98.1 cm³/mol. The summed E-state index contributed by atoms with van der Waals surface area (Å²) in [6.45, 7) is 5.13. The highest BCUT2D eigenvalue weighted by Crippen LogP contribution is 2.22. The van der Waals surface area contributed by atoms with Gasteiger partial charge in [0, 0.05) is 0 Å². The number of aliphatic hydroxyl groups is 1. The highest BCUT2D eigenvalue weighted by atomic mass is 32.2. The van der Waals surface area contributed by atoms with Crippen LogP contribution in [0.15, 0.2) is 53.4 Å². The van der Waals surface area contributed by atoms with Gasteiger partial charge in [-0.25, -0.2) is 8.42 Å². The van der Waals surface area contributed by atoms with E-state index in [9.17, 15) is 18.3 Å². The molecule has 140 valence electrons. The predicted octanol–water partition coefficient (Wildman–Crippen LogP) is 2.25. The standard InChI is InChI=1S/C19H23NO5S/c1-4-25-19(22)17(18(21)15-8-6-5-7-9-15)20-26(23,24)16-12-13(2)10-11-14(16)3/h5-12,17-18,20-21H,4H2,1-3H3. The van der Waals surface area contributed by atoms with Gasteiger partial charge in [0.25, 0.3) is 0 Å². The molecule has 2 atom stereocenters. The number of esters is 1. The molecule has 2 rings (SSSR count). The van der Waals surface area contributed by atoms with Gasteiger partial charge in [0.2, 0.25) is 10.0 Å². The maximum atomic E-state index is 12.8. The zero-order valence-corrected chi connectivity index (χ0v) is 15.8. The van der Waals surface area contributed by atoms with Crippen molar-refractivity contribution in [2.24, 2.45) is 0 Å². The van der Waals surface area contributed by atoms with Crippen LogP contribution in [-0.2, 0) is 19.6 Å². The Morgan fingerprint density at radius 3 is 2.42 bits per heavy atom. The SMILES string of the molecule is CCOC(=O)C(NS(=O)(=O)c1cc(C)ccc1C)C(O)c1ccccc1. The number of nitrogens with one attached hydrogen (secondary N) is 1. The molecule has 0 saturated heterocycles. The first-order chi connectivity index (χ1) is 12.3. The van der Waals surface area contributed by atoms with Crippen molar-refractivity contribution >= 4 is 16.0 Å². The fourth-order valence-corrected chi connectivity index (χ4v) is 4.06. The monoisotopic (exact) mass is 377 g/mol. The molecular formula is C19H23NO5S. The Morgan fingerprint density at radius 2 is 1.81 bits per heavy atom. The lowest BCUT2D eigenvalue weighted by Crippen LogP contribution is -2.46. The van der Waals surface area contributed by atoms with E-state index in [-0.39, 0.29) is 11.5 Å². The molecule has 0 saturated carbocycles. The summed E-state index contributed by atoms with van der Waals surface area (Å²) in [5.74, 6) is -0.835. The van der Waals surface area contributed by atoms with Crippen LogP contribution in [0.3, 0.4) is 0 Å². The highest BCUT2D eigenvalue weighted by Gasteiger charge is 2.34. The summed E-state index contributed by atoms with van der Waals surface area (Å²) in [4.78, 5) is 12.4. The molecule has 7 heteroatoms. The van der Waals surface area contributed by atoms with E-state index in [1.165, 1.54) is 6.07 Å². The summed E-state index contributed by atoms with van der Waals surface area (Å²) in [7, 11) is -4.04. The van der Waals surface area contributed by atoms with Crippen molar-refractivity contribution in [3.63, 3.8) is 0 Å². The lowest BCUT2D eigenvalue weighted by molar-refractivity contribution is -0.148. The number of rotatable bonds is 7. The van der Waals surface area contributed by atoms with Crippen LogP contribution in [0.2, 0.25) is 0 Å². The largest absolute Gasteiger partial charge is 0.465 e. The van der Waals surface area contributed by atoms with Gasteiger partial charge in [0.1, 0.15) is 12.1 Å². The van der Waals surface area contributed by atoms with Gasteiger partial charge in [-0.3, -0.25) is 4.79 Å². The second kappa shape index (κ2) is 8.44. The first kappa shape index (κ1) is 20.1. The van der Waals surface area contributed by atoms with E-state index in [2.05, 4.69) is 4.72 Å². The van der Waals surface area contributed by atoms with E-state index in [0.717, 1.165) is 5.56 Å². The van der Waals surface area contributed by atoms with Gasteiger partial charge >= 0.3 is 5.97 Å². The Hall–Kier alpha value is -2.22. The summed E-state index contributed by atoms with van der Waals surface area (Å²) < 4.78 is 32.9. The van der Waals surface area contributed by atoms with Crippen molar-refractivity contribution in [1.29, 1.82) is 0 Å². The Labute approximate surface area is 153 Å². The van der Waals surface area contributed by atoms with Gasteiger partial charge in [-0.1, -0.05) is 42.5 Å². The van der Waals surface area contributed by atoms with Crippen molar-refractivity contribution in [1.82, 2.24) is 4.72 Å². The first-order valence-electron chi connectivity index (χ1n) is 8.25. The third kappa shape index (κ3) is 4.69. The molecule has 0 fully saturated rings. The third-order valence-corrected chi connectivity index (χ3v) is 5.50. The number of hydrogen-bond donors (Lipinski definition) is 2. The number of hydrogen-bond acceptors (Lipinski definition) is 5. The van der Waals surface area contributed by atoms with Gasteiger partial charge in [-0.15, -0.1) is 0 Å². The van der Waals surface area contributed by atoms with Crippen LogP contribution in [0.4, 0.5) is 0 Å². The maximum Gasteiger partial charge on any atom is 0.327 e. The average molecular weight is 377 g/mol. The van der Waals surface area contributed by atoms with Crippen LogP contribution < -0.4 is 4.72 Å². The molecule has 0 bridgehead atoms. The third-order valence-electron chi connectivity index (χ3n) is 3.91. The molecule has 0 spiro atoms. The summed E-state index contributed by atoms with van der Waals surface area (Å²) in [5, 5.41) is 10.6. The summed E-state index contributed by atoms with van der Waals surface area (Å²) >= 11 is 0. The zero-order valence-electron chi connectivity index (χ0n) is 15.0. The number of aliphatic hydroxyl groups excluding tert-OH is 1. The molecule has 0 amide bonds. The van der Waals surface area contributed by atoms with Crippen molar-refractivity contribution in [2.45, 2.75) is 37.8 Å². The minimum absolute atomic E-state index is 0.0621. The van der Waals surface area contributed by atoms with Crippen LogP contribution in [0, 0.1) is 13.8 Å². The molecule has 0 radical (unpaired) electrons. The fourth-order valence-electron chi connectivity index (χ4n) is 2.54. The Kier molecular flexibility index (Phi) is 6.52. The molecule has 6 nitrogen and oxygen atoms in total. The summed E-state index contributed by atoms with van der Waals surface area (Å²) in [5.41, 5.74) is 1.72. The Morgan fingerprint density at radius 1 is 1.15 bits per heavy atom. The van der Waals surface area contributed by atoms with Gasteiger partial charge in [-0.2, -0.15) is 4.72 Å². The smallest absolute Gasteiger partial charge is 0.327 e. The average Bonchev–Trinajstić information content (AvgIpc) is 2.62. The van der Waals surface area contributed by atoms with Gasteiger partial charge in [-0.05, 0) is 43.5 Å². The van der Waals surface area contributed by atoms with E-state index in [0.29, 0.717) is 11.1 Å². The molecular weight excluding hydrogens is 354 g/mol. The van der Waals surface area contributed by atoms with E-state index in [1.54, 1.807) is 63.2 Å². The van der Waals surface area contributed by atoms with E-state index in [1.807, 2.05) is 0 Å². The molecule has 0 aromatic heterocycles.